The fourth-order valence-electron chi connectivity index (χ4n) is 0.968. The molecule has 0 amide bonds. The lowest BCUT2D eigenvalue weighted by molar-refractivity contribution is 0.474. The van der Waals surface area contributed by atoms with Crippen molar-refractivity contribution in [3.05, 3.63) is 22.7 Å². The standard InChI is InChI=1S/C8H10ClNO2S/c1-5-3-6(9)4-7(8(5)11)10-13(2)12/h3-4,10-11H,1-2H3. The number of halogens is 1. The average Bonchev–Trinajstić information content (AvgIpc) is 1.98. The van der Waals surface area contributed by atoms with Gasteiger partial charge in [-0.25, -0.2) is 4.21 Å². The summed E-state index contributed by atoms with van der Waals surface area (Å²) < 4.78 is 13.4. The summed E-state index contributed by atoms with van der Waals surface area (Å²) in [5.41, 5.74) is 1.05. The van der Waals surface area contributed by atoms with Gasteiger partial charge in [-0.15, -0.1) is 0 Å². The molecule has 0 bridgehead atoms. The number of anilines is 1. The summed E-state index contributed by atoms with van der Waals surface area (Å²) in [5, 5.41) is 10.0. The van der Waals surface area contributed by atoms with Crippen molar-refractivity contribution >= 4 is 28.3 Å². The SMILES string of the molecule is Cc1cc(Cl)cc(NS(C)=O)c1O. The topological polar surface area (TPSA) is 49.3 Å². The Labute approximate surface area is 84.3 Å². The van der Waals surface area contributed by atoms with Crippen LogP contribution >= 0.6 is 11.6 Å². The molecule has 5 heteroatoms. The van der Waals surface area contributed by atoms with E-state index in [1.165, 1.54) is 12.3 Å². The fourth-order valence-corrected chi connectivity index (χ4v) is 1.71. The molecular weight excluding hydrogens is 210 g/mol. The highest BCUT2D eigenvalue weighted by Gasteiger charge is 2.06. The van der Waals surface area contributed by atoms with Gasteiger partial charge in [-0.1, -0.05) is 11.6 Å². The molecule has 0 aliphatic heterocycles. The van der Waals surface area contributed by atoms with E-state index in [-0.39, 0.29) is 5.75 Å². The van der Waals surface area contributed by atoms with Crippen molar-refractivity contribution < 1.29 is 9.32 Å². The monoisotopic (exact) mass is 219 g/mol. The third-order valence-corrected chi connectivity index (χ3v) is 2.24. The van der Waals surface area contributed by atoms with Gasteiger partial charge in [-0.2, -0.15) is 0 Å². The number of phenols is 1. The second kappa shape index (κ2) is 3.98. The molecule has 1 atom stereocenters. The van der Waals surface area contributed by atoms with E-state index in [2.05, 4.69) is 4.72 Å². The number of phenolic OH excluding ortho intramolecular Hbond substituents is 1. The molecule has 0 aliphatic carbocycles. The van der Waals surface area contributed by atoms with E-state index in [1.54, 1.807) is 13.0 Å². The number of nitrogens with one attached hydrogen (secondary N) is 1. The average molecular weight is 220 g/mol. The summed E-state index contributed by atoms with van der Waals surface area (Å²) in [6.45, 7) is 1.73. The molecule has 1 unspecified atom stereocenters. The van der Waals surface area contributed by atoms with Gasteiger partial charge in [0.2, 0.25) is 0 Å². The van der Waals surface area contributed by atoms with Crippen LogP contribution in [0.2, 0.25) is 5.02 Å². The van der Waals surface area contributed by atoms with Crippen LogP contribution in [0, 0.1) is 6.92 Å². The lowest BCUT2D eigenvalue weighted by Gasteiger charge is -2.08. The van der Waals surface area contributed by atoms with E-state index in [4.69, 9.17) is 11.6 Å². The fraction of sp³-hybridized carbons (Fsp3) is 0.250. The van der Waals surface area contributed by atoms with Crippen LogP contribution in [0.5, 0.6) is 5.75 Å². The van der Waals surface area contributed by atoms with Crippen LogP contribution in [0.25, 0.3) is 0 Å². The van der Waals surface area contributed by atoms with Gasteiger partial charge in [0.1, 0.15) is 16.7 Å². The van der Waals surface area contributed by atoms with Crippen LogP contribution in [0.1, 0.15) is 5.56 Å². The van der Waals surface area contributed by atoms with Crippen molar-refractivity contribution in [2.75, 3.05) is 11.0 Å². The molecule has 0 aromatic heterocycles. The third-order valence-electron chi connectivity index (χ3n) is 1.52. The summed E-state index contributed by atoms with van der Waals surface area (Å²) in [4.78, 5) is 0. The van der Waals surface area contributed by atoms with E-state index >= 15 is 0 Å². The van der Waals surface area contributed by atoms with E-state index in [0.29, 0.717) is 16.3 Å². The largest absolute Gasteiger partial charge is 0.505 e. The second-order valence-electron chi connectivity index (χ2n) is 2.68. The van der Waals surface area contributed by atoms with E-state index in [1.807, 2.05) is 0 Å². The number of aryl methyl sites for hydroxylation is 1. The predicted molar refractivity (Wildman–Crippen MR) is 55.5 cm³/mol. The lowest BCUT2D eigenvalue weighted by atomic mass is 10.2. The first-order valence-corrected chi connectivity index (χ1v) is 5.53. The Kier molecular flexibility index (Phi) is 3.17. The van der Waals surface area contributed by atoms with Crippen molar-refractivity contribution in [2.45, 2.75) is 6.92 Å². The van der Waals surface area contributed by atoms with Crippen LogP contribution in [-0.4, -0.2) is 15.6 Å². The quantitative estimate of drug-likeness (QED) is 0.749. The maximum absolute atomic E-state index is 10.8. The van der Waals surface area contributed by atoms with Crippen LogP contribution in [0.15, 0.2) is 12.1 Å². The molecule has 3 nitrogen and oxygen atoms in total. The Morgan fingerprint density at radius 3 is 2.69 bits per heavy atom. The summed E-state index contributed by atoms with van der Waals surface area (Å²) in [6, 6.07) is 3.17. The highest BCUT2D eigenvalue weighted by Crippen LogP contribution is 2.30. The molecule has 13 heavy (non-hydrogen) atoms. The minimum Gasteiger partial charge on any atom is -0.505 e. The third kappa shape index (κ3) is 2.60. The minimum absolute atomic E-state index is 0.0830. The first-order chi connectivity index (χ1) is 6.00. The van der Waals surface area contributed by atoms with E-state index < -0.39 is 11.0 Å². The molecule has 0 fully saturated rings. The van der Waals surface area contributed by atoms with Gasteiger partial charge < -0.3 is 9.83 Å². The Hall–Kier alpha value is -0.740. The molecule has 0 spiro atoms. The first-order valence-electron chi connectivity index (χ1n) is 3.60. The highest BCUT2D eigenvalue weighted by molar-refractivity contribution is 7.85. The number of benzene rings is 1. The maximum Gasteiger partial charge on any atom is 0.142 e. The normalized spacial score (nSPS) is 12.5. The molecule has 0 heterocycles. The Bertz CT molecular complexity index is 354. The minimum atomic E-state index is -1.21. The van der Waals surface area contributed by atoms with Crippen molar-refractivity contribution in [2.24, 2.45) is 0 Å². The van der Waals surface area contributed by atoms with Gasteiger partial charge >= 0.3 is 0 Å². The lowest BCUT2D eigenvalue weighted by Crippen LogP contribution is -2.01. The molecule has 72 valence electrons. The molecule has 0 radical (unpaired) electrons. The van der Waals surface area contributed by atoms with Crippen LogP contribution in [0.3, 0.4) is 0 Å². The molecular formula is C8H10ClNO2S. The molecule has 0 saturated carbocycles. The van der Waals surface area contributed by atoms with Crippen LogP contribution < -0.4 is 4.72 Å². The number of aromatic hydroxyl groups is 1. The van der Waals surface area contributed by atoms with Crippen molar-refractivity contribution in [3.63, 3.8) is 0 Å². The summed E-state index contributed by atoms with van der Waals surface area (Å²) >= 11 is 5.76. The Balaban J connectivity index is 3.12. The van der Waals surface area contributed by atoms with Gasteiger partial charge in [0.15, 0.2) is 0 Å². The zero-order valence-corrected chi connectivity index (χ0v) is 8.87. The van der Waals surface area contributed by atoms with Crippen molar-refractivity contribution in [1.29, 1.82) is 0 Å². The number of hydrogen-bond acceptors (Lipinski definition) is 2. The molecule has 1 rings (SSSR count). The first kappa shape index (κ1) is 10.3. The van der Waals surface area contributed by atoms with E-state index in [0.717, 1.165) is 0 Å². The Morgan fingerprint density at radius 2 is 2.15 bits per heavy atom. The zero-order chi connectivity index (χ0) is 10.0. The highest BCUT2D eigenvalue weighted by atomic mass is 35.5. The maximum atomic E-state index is 10.8. The van der Waals surface area contributed by atoms with Crippen molar-refractivity contribution in [1.82, 2.24) is 0 Å². The molecule has 0 aliphatic rings. The summed E-state index contributed by atoms with van der Waals surface area (Å²) in [6.07, 6.45) is 1.48. The number of rotatable bonds is 2. The van der Waals surface area contributed by atoms with Gasteiger partial charge in [-0.3, -0.25) is 0 Å². The molecule has 0 saturated heterocycles. The molecule has 2 N–H and O–H groups in total. The van der Waals surface area contributed by atoms with E-state index in [9.17, 15) is 9.32 Å². The Morgan fingerprint density at radius 1 is 1.54 bits per heavy atom. The van der Waals surface area contributed by atoms with Crippen LogP contribution in [-0.2, 0) is 11.0 Å². The number of hydrogen-bond donors (Lipinski definition) is 2. The van der Waals surface area contributed by atoms with Gasteiger partial charge in [-0.05, 0) is 24.6 Å². The zero-order valence-electron chi connectivity index (χ0n) is 7.30. The van der Waals surface area contributed by atoms with Crippen molar-refractivity contribution in [3.8, 4) is 5.75 Å². The summed E-state index contributed by atoms with van der Waals surface area (Å²) in [5.74, 6) is 0.0830. The second-order valence-corrected chi connectivity index (χ2v) is 4.22. The summed E-state index contributed by atoms with van der Waals surface area (Å²) in [7, 11) is -1.21. The molecule has 1 aromatic rings. The van der Waals surface area contributed by atoms with Gasteiger partial charge in [0.05, 0.1) is 5.69 Å². The molecule has 1 aromatic carbocycles. The smallest absolute Gasteiger partial charge is 0.142 e. The van der Waals surface area contributed by atoms with Crippen LogP contribution in [0.4, 0.5) is 5.69 Å². The van der Waals surface area contributed by atoms with Gasteiger partial charge in [0, 0.05) is 11.3 Å². The van der Waals surface area contributed by atoms with Gasteiger partial charge in [0.25, 0.3) is 0 Å². The predicted octanol–water partition coefficient (Wildman–Crippen LogP) is 2.06.